The zero-order valence-corrected chi connectivity index (χ0v) is 16.0. The van der Waals surface area contributed by atoms with Gasteiger partial charge in [-0.05, 0) is 37.8 Å². The Kier molecular flexibility index (Phi) is 5.94. The highest BCUT2D eigenvalue weighted by molar-refractivity contribution is 8.13. The van der Waals surface area contributed by atoms with Crippen molar-refractivity contribution in [1.29, 1.82) is 0 Å². The molecule has 0 N–H and O–H groups in total. The summed E-state index contributed by atoms with van der Waals surface area (Å²) in [7, 11) is 5.93. The van der Waals surface area contributed by atoms with Gasteiger partial charge in [-0.3, -0.25) is 0 Å². The van der Waals surface area contributed by atoms with Crippen LogP contribution in [0.5, 0.6) is 0 Å². The Hall–Kier alpha value is -1.95. The van der Waals surface area contributed by atoms with E-state index in [0.29, 0.717) is 12.2 Å². The van der Waals surface area contributed by atoms with Gasteiger partial charge in [0.2, 0.25) is 0 Å². The number of aliphatic imine (C=N–C) groups is 1. The highest BCUT2D eigenvalue weighted by atomic mass is 32.2. The molecule has 0 aromatic heterocycles. The number of thioether (sulfide) groups is 1. The molecule has 2 rings (SSSR count). The molecule has 0 radical (unpaired) electrons. The zero-order chi connectivity index (χ0) is 17.9. The van der Waals surface area contributed by atoms with Gasteiger partial charge in [-0.1, -0.05) is 23.9 Å². The summed E-state index contributed by atoms with van der Waals surface area (Å²) in [5.41, 5.74) is 3.59. The molecule has 0 saturated heterocycles. The molecule has 24 heavy (non-hydrogen) atoms. The van der Waals surface area contributed by atoms with E-state index in [1.54, 1.807) is 11.8 Å². The number of carbonyl (C=O) groups is 1. The van der Waals surface area contributed by atoms with E-state index >= 15 is 0 Å². The van der Waals surface area contributed by atoms with Gasteiger partial charge in [0.05, 0.1) is 12.2 Å². The highest BCUT2D eigenvalue weighted by Gasteiger charge is 2.32. The summed E-state index contributed by atoms with van der Waals surface area (Å²) >= 11 is 1.57. The van der Waals surface area contributed by atoms with Crippen molar-refractivity contribution >= 4 is 28.6 Å². The van der Waals surface area contributed by atoms with E-state index in [-0.39, 0.29) is 12.0 Å². The van der Waals surface area contributed by atoms with Gasteiger partial charge in [-0.2, -0.15) is 0 Å². The van der Waals surface area contributed by atoms with Crippen molar-refractivity contribution < 1.29 is 9.53 Å². The van der Waals surface area contributed by atoms with Crippen LogP contribution in [0.3, 0.4) is 0 Å². The third-order valence-electron chi connectivity index (χ3n) is 4.10. The lowest BCUT2D eigenvalue weighted by atomic mass is 9.96. The Bertz CT molecular complexity index is 665. The van der Waals surface area contributed by atoms with Gasteiger partial charge in [0.15, 0.2) is 5.17 Å². The van der Waals surface area contributed by atoms with Gasteiger partial charge in [0, 0.05) is 32.5 Å². The number of amidine groups is 1. The van der Waals surface area contributed by atoms with Crippen molar-refractivity contribution in [1.82, 2.24) is 4.90 Å². The summed E-state index contributed by atoms with van der Waals surface area (Å²) in [6.07, 6.45) is 1.99. The average molecular weight is 347 g/mol. The molecule has 0 unspecified atom stereocenters. The molecule has 1 aromatic rings. The second-order valence-corrected chi connectivity index (χ2v) is 6.56. The largest absolute Gasteiger partial charge is 0.463 e. The number of esters is 1. The highest BCUT2D eigenvalue weighted by Crippen LogP contribution is 2.36. The third-order valence-corrected chi connectivity index (χ3v) is 4.84. The first-order valence-electron chi connectivity index (χ1n) is 7.91. The molecule has 0 saturated carbocycles. The van der Waals surface area contributed by atoms with Crippen molar-refractivity contribution in [2.75, 3.05) is 38.9 Å². The Morgan fingerprint density at radius 2 is 1.96 bits per heavy atom. The molecule has 5 nitrogen and oxygen atoms in total. The molecular formula is C18H25N3O2S. The number of allylic oxidation sites excluding steroid dienone is 1. The number of anilines is 1. The summed E-state index contributed by atoms with van der Waals surface area (Å²) < 4.78 is 5.27. The van der Waals surface area contributed by atoms with E-state index in [4.69, 9.17) is 9.73 Å². The van der Waals surface area contributed by atoms with Crippen LogP contribution in [-0.4, -0.2) is 50.0 Å². The predicted molar refractivity (Wildman–Crippen MR) is 102 cm³/mol. The van der Waals surface area contributed by atoms with Crippen molar-refractivity contribution in [2.24, 2.45) is 4.99 Å². The van der Waals surface area contributed by atoms with Crippen LogP contribution in [-0.2, 0) is 9.53 Å². The van der Waals surface area contributed by atoms with Crippen LogP contribution in [0.2, 0.25) is 0 Å². The van der Waals surface area contributed by atoms with E-state index in [2.05, 4.69) is 0 Å². The first-order valence-corrected chi connectivity index (χ1v) is 9.13. The molecule has 0 bridgehead atoms. The monoisotopic (exact) mass is 347 g/mol. The lowest BCUT2D eigenvalue weighted by Gasteiger charge is -2.31. The maximum atomic E-state index is 12.5. The Balaban J connectivity index is 2.49. The minimum absolute atomic E-state index is 0.299. The number of hydrogen-bond donors (Lipinski definition) is 0. The van der Waals surface area contributed by atoms with E-state index in [1.165, 1.54) is 0 Å². The topological polar surface area (TPSA) is 45.1 Å². The number of carbonyl (C=O) groups excluding carboxylic acids is 1. The smallest absolute Gasteiger partial charge is 0.338 e. The number of nitrogens with zero attached hydrogens (tertiary/aromatic N) is 3. The van der Waals surface area contributed by atoms with Crippen LogP contribution in [0.25, 0.3) is 0 Å². The molecule has 1 aliphatic heterocycles. The molecule has 1 aliphatic rings. The summed E-state index contributed by atoms with van der Waals surface area (Å²) in [5.74, 6) is -0.299. The van der Waals surface area contributed by atoms with Crippen molar-refractivity contribution in [2.45, 2.75) is 19.9 Å². The van der Waals surface area contributed by atoms with Gasteiger partial charge in [0.25, 0.3) is 0 Å². The van der Waals surface area contributed by atoms with Crippen LogP contribution in [0.15, 0.2) is 40.5 Å². The Morgan fingerprint density at radius 1 is 1.33 bits per heavy atom. The van der Waals surface area contributed by atoms with Gasteiger partial charge in [-0.25, -0.2) is 9.79 Å². The van der Waals surface area contributed by atoms with Crippen LogP contribution < -0.4 is 4.90 Å². The van der Waals surface area contributed by atoms with E-state index in [9.17, 15) is 4.79 Å². The maximum absolute atomic E-state index is 12.5. The molecule has 1 heterocycles. The second-order valence-electron chi connectivity index (χ2n) is 5.78. The quantitative estimate of drug-likeness (QED) is 0.782. The lowest BCUT2D eigenvalue weighted by Crippen LogP contribution is -2.32. The summed E-state index contributed by atoms with van der Waals surface area (Å²) in [6.45, 7) is 4.11. The molecule has 6 heteroatoms. The SMILES string of the molecule is CCOC(=O)C1=C(C)N(C)C(SC)=N[C@H]1c1ccc(N(C)C)cc1. The molecule has 130 valence electrons. The maximum Gasteiger partial charge on any atom is 0.338 e. The molecule has 0 amide bonds. The van der Waals surface area contributed by atoms with Gasteiger partial charge in [-0.15, -0.1) is 0 Å². The first-order chi connectivity index (χ1) is 11.4. The number of hydrogen-bond acceptors (Lipinski definition) is 6. The minimum atomic E-state index is -0.334. The van der Waals surface area contributed by atoms with Crippen LogP contribution >= 0.6 is 11.8 Å². The molecular weight excluding hydrogens is 322 g/mol. The summed E-state index contributed by atoms with van der Waals surface area (Å²) in [6, 6.07) is 7.80. The van der Waals surface area contributed by atoms with Gasteiger partial charge < -0.3 is 14.5 Å². The molecule has 0 spiro atoms. The third kappa shape index (κ3) is 3.59. The van der Waals surface area contributed by atoms with E-state index in [0.717, 1.165) is 22.1 Å². The van der Waals surface area contributed by atoms with Crippen LogP contribution in [0.4, 0.5) is 5.69 Å². The summed E-state index contributed by atoms with van der Waals surface area (Å²) in [5, 5.41) is 0.891. The van der Waals surface area contributed by atoms with Crippen molar-refractivity contribution in [3.63, 3.8) is 0 Å². The molecule has 0 fully saturated rings. The zero-order valence-electron chi connectivity index (χ0n) is 15.2. The average Bonchev–Trinajstić information content (AvgIpc) is 2.57. The predicted octanol–water partition coefficient (Wildman–Crippen LogP) is 3.30. The van der Waals surface area contributed by atoms with Crippen LogP contribution in [0, 0.1) is 0 Å². The fourth-order valence-electron chi connectivity index (χ4n) is 2.64. The van der Waals surface area contributed by atoms with Crippen molar-refractivity contribution in [3.8, 4) is 0 Å². The van der Waals surface area contributed by atoms with Crippen LogP contribution in [0.1, 0.15) is 25.5 Å². The number of benzene rings is 1. The standard InChI is InChI=1S/C18H25N3O2S/c1-7-23-17(22)15-12(2)21(5)18(24-6)19-16(15)13-8-10-14(11-9-13)20(3)4/h8-11,16H,7H2,1-6H3/t16-/m0/s1. The van der Waals surface area contributed by atoms with E-state index < -0.39 is 0 Å². The number of ether oxygens (including phenoxy) is 1. The Morgan fingerprint density at radius 3 is 2.46 bits per heavy atom. The molecule has 1 atom stereocenters. The second kappa shape index (κ2) is 7.75. The fraction of sp³-hybridized carbons (Fsp3) is 0.444. The van der Waals surface area contributed by atoms with E-state index in [1.807, 2.05) is 75.3 Å². The lowest BCUT2D eigenvalue weighted by molar-refractivity contribution is -0.139. The van der Waals surface area contributed by atoms with Gasteiger partial charge >= 0.3 is 5.97 Å². The molecule has 1 aromatic carbocycles. The molecule has 0 aliphatic carbocycles. The first kappa shape index (κ1) is 18.4. The van der Waals surface area contributed by atoms with Crippen molar-refractivity contribution in [3.05, 3.63) is 41.1 Å². The number of rotatable bonds is 4. The van der Waals surface area contributed by atoms with Gasteiger partial charge in [0.1, 0.15) is 6.04 Å². The Labute approximate surface area is 148 Å². The normalized spacial score (nSPS) is 17.7. The summed E-state index contributed by atoms with van der Waals surface area (Å²) in [4.78, 5) is 21.3. The fourth-order valence-corrected chi connectivity index (χ4v) is 3.26. The minimum Gasteiger partial charge on any atom is -0.463 e.